The molecule has 0 N–H and O–H groups in total. The van der Waals surface area contributed by atoms with Crippen molar-refractivity contribution in [3.63, 3.8) is 0 Å². The van der Waals surface area contributed by atoms with Crippen LogP contribution in [0.3, 0.4) is 0 Å². The van der Waals surface area contributed by atoms with Crippen molar-refractivity contribution in [2.24, 2.45) is 0 Å². The van der Waals surface area contributed by atoms with Gasteiger partial charge >= 0.3 is 0 Å². The molecule has 2 heteroatoms. The van der Waals surface area contributed by atoms with E-state index in [2.05, 4.69) is 4.98 Å². The summed E-state index contributed by atoms with van der Waals surface area (Å²) >= 11 is 0. The Hall–Kier alpha value is -1.18. The summed E-state index contributed by atoms with van der Waals surface area (Å²) < 4.78 is 0. The number of aromatic nitrogens is 1. The Bertz CT molecular complexity index is 243. The number of nitrogens with zero attached hydrogens (tertiary/aromatic N) is 1. The minimum atomic E-state index is -0.0730. The minimum absolute atomic E-state index is 0.0730. The molecule has 0 aromatic carbocycles. The normalized spacial score (nSPS) is 12.5. The number of hydrogen-bond donors (Lipinski definition) is 0. The summed E-state index contributed by atoms with van der Waals surface area (Å²) in [7, 11) is 0. The monoisotopic (exact) mass is 149 g/mol. The van der Waals surface area contributed by atoms with Crippen molar-refractivity contribution in [1.82, 2.24) is 4.98 Å². The molecule has 0 radical (unpaired) electrons. The molecule has 0 aliphatic heterocycles. The third kappa shape index (κ3) is 1.87. The zero-order valence-electron chi connectivity index (χ0n) is 6.74. The number of pyridine rings is 1. The molecule has 1 heterocycles. The lowest BCUT2D eigenvalue weighted by atomic mass is 10.0. The van der Waals surface area contributed by atoms with Gasteiger partial charge in [0.1, 0.15) is 5.78 Å². The molecular weight excluding hydrogens is 138 g/mol. The highest BCUT2D eigenvalue weighted by molar-refractivity contribution is 5.82. The Balaban J connectivity index is 2.85. The summed E-state index contributed by atoms with van der Waals surface area (Å²) in [5.74, 6) is 0.0832. The van der Waals surface area contributed by atoms with Gasteiger partial charge < -0.3 is 0 Å². The van der Waals surface area contributed by atoms with Crippen LogP contribution in [0, 0.1) is 0 Å². The molecule has 0 amide bonds. The molecule has 0 aliphatic rings. The SMILES string of the molecule is CC(=O)[C@H](C)c1ccccn1. The first-order valence-corrected chi connectivity index (χ1v) is 3.63. The van der Waals surface area contributed by atoms with Crippen molar-refractivity contribution in [2.75, 3.05) is 0 Å². The Morgan fingerprint density at radius 1 is 1.55 bits per heavy atom. The lowest BCUT2D eigenvalue weighted by molar-refractivity contribution is -0.118. The number of rotatable bonds is 2. The molecule has 1 aromatic rings. The maximum atomic E-state index is 10.9. The molecule has 11 heavy (non-hydrogen) atoms. The fourth-order valence-electron chi connectivity index (χ4n) is 0.840. The van der Waals surface area contributed by atoms with E-state index < -0.39 is 0 Å². The Kier molecular flexibility index (Phi) is 2.36. The van der Waals surface area contributed by atoms with Crippen molar-refractivity contribution in [3.8, 4) is 0 Å². The second kappa shape index (κ2) is 3.28. The number of ketones is 1. The molecule has 0 bridgehead atoms. The first kappa shape index (κ1) is 7.92. The number of hydrogen-bond acceptors (Lipinski definition) is 2. The van der Waals surface area contributed by atoms with Gasteiger partial charge in [0, 0.05) is 6.20 Å². The highest BCUT2D eigenvalue weighted by Crippen LogP contribution is 2.11. The zero-order valence-corrected chi connectivity index (χ0v) is 6.74. The standard InChI is InChI=1S/C9H11NO/c1-7(8(2)11)9-5-3-4-6-10-9/h3-7H,1-2H3/t7-/m0/s1. The van der Waals surface area contributed by atoms with Gasteiger partial charge in [0.25, 0.3) is 0 Å². The van der Waals surface area contributed by atoms with Gasteiger partial charge in [0.05, 0.1) is 11.6 Å². The van der Waals surface area contributed by atoms with Crippen LogP contribution >= 0.6 is 0 Å². The van der Waals surface area contributed by atoms with E-state index in [4.69, 9.17) is 0 Å². The number of carbonyl (C=O) groups excluding carboxylic acids is 1. The topological polar surface area (TPSA) is 30.0 Å². The highest BCUT2D eigenvalue weighted by atomic mass is 16.1. The van der Waals surface area contributed by atoms with E-state index in [1.807, 2.05) is 25.1 Å². The molecule has 0 spiro atoms. The van der Waals surface area contributed by atoms with Gasteiger partial charge in [-0.2, -0.15) is 0 Å². The second-order valence-electron chi connectivity index (χ2n) is 2.59. The Morgan fingerprint density at radius 2 is 2.27 bits per heavy atom. The van der Waals surface area contributed by atoms with Crippen LogP contribution < -0.4 is 0 Å². The smallest absolute Gasteiger partial charge is 0.138 e. The molecule has 58 valence electrons. The summed E-state index contributed by atoms with van der Waals surface area (Å²) in [6.07, 6.45) is 1.70. The van der Waals surface area contributed by atoms with Crippen LogP contribution in [0.4, 0.5) is 0 Å². The quantitative estimate of drug-likeness (QED) is 0.641. The maximum absolute atomic E-state index is 10.9. The van der Waals surface area contributed by atoms with Crippen LogP contribution in [0.25, 0.3) is 0 Å². The largest absolute Gasteiger partial charge is 0.299 e. The third-order valence-electron chi connectivity index (χ3n) is 1.74. The summed E-state index contributed by atoms with van der Waals surface area (Å²) in [5, 5.41) is 0. The van der Waals surface area contributed by atoms with E-state index in [1.165, 1.54) is 0 Å². The van der Waals surface area contributed by atoms with Gasteiger partial charge in [-0.15, -0.1) is 0 Å². The molecule has 1 rings (SSSR count). The fourth-order valence-corrected chi connectivity index (χ4v) is 0.840. The van der Waals surface area contributed by atoms with Gasteiger partial charge in [-0.1, -0.05) is 6.07 Å². The molecule has 0 saturated heterocycles. The molecule has 1 atom stereocenters. The number of carbonyl (C=O) groups is 1. The van der Waals surface area contributed by atoms with Crippen molar-refractivity contribution in [1.29, 1.82) is 0 Å². The summed E-state index contributed by atoms with van der Waals surface area (Å²) in [6.45, 7) is 3.45. The average Bonchev–Trinajstić information content (AvgIpc) is 2.05. The van der Waals surface area contributed by atoms with Gasteiger partial charge in [0.2, 0.25) is 0 Å². The van der Waals surface area contributed by atoms with Gasteiger partial charge in [-0.25, -0.2) is 0 Å². The van der Waals surface area contributed by atoms with Crippen LogP contribution in [0.5, 0.6) is 0 Å². The van der Waals surface area contributed by atoms with Crippen molar-refractivity contribution in [2.45, 2.75) is 19.8 Å². The van der Waals surface area contributed by atoms with Crippen LogP contribution in [-0.4, -0.2) is 10.8 Å². The van der Waals surface area contributed by atoms with Crippen molar-refractivity contribution < 1.29 is 4.79 Å². The molecular formula is C9H11NO. The third-order valence-corrected chi connectivity index (χ3v) is 1.74. The second-order valence-corrected chi connectivity index (χ2v) is 2.59. The van der Waals surface area contributed by atoms with Crippen molar-refractivity contribution in [3.05, 3.63) is 30.1 Å². The molecule has 0 aliphatic carbocycles. The van der Waals surface area contributed by atoms with E-state index in [0.29, 0.717) is 0 Å². The van der Waals surface area contributed by atoms with E-state index in [0.717, 1.165) is 5.69 Å². The van der Waals surface area contributed by atoms with Gasteiger partial charge in [-0.05, 0) is 26.0 Å². The molecule has 2 nitrogen and oxygen atoms in total. The summed E-state index contributed by atoms with van der Waals surface area (Å²) in [4.78, 5) is 15.0. The summed E-state index contributed by atoms with van der Waals surface area (Å²) in [5.41, 5.74) is 0.847. The van der Waals surface area contributed by atoms with Gasteiger partial charge in [-0.3, -0.25) is 9.78 Å². The Morgan fingerprint density at radius 3 is 2.73 bits per heavy atom. The minimum Gasteiger partial charge on any atom is -0.299 e. The number of Topliss-reactive ketones (excluding diaryl/α,β-unsaturated/α-hetero) is 1. The van der Waals surface area contributed by atoms with Crippen molar-refractivity contribution >= 4 is 5.78 Å². The predicted octanol–water partition coefficient (Wildman–Crippen LogP) is 1.77. The molecule has 0 unspecified atom stereocenters. The van der Waals surface area contributed by atoms with Crippen LogP contribution in [0.1, 0.15) is 25.5 Å². The van der Waals surface area contributed by atoms with E-state index >= 15 is 0 Å². The summed E-state index contributed by atoms with van der Waals surface area (Å²) in [6, 6.07) is 5.60. The first-order chi connectivity index (χ1) is 5.22. The lowest BCUT2D eigenvalue weighted by Gasteiger charge is -2.04. The molecule has 0 saturated carbocycles. The average molecular weight is 149 g/mol. The predicted molar refractivity (Wildman–Crippen MR) is 43.3 cm³/mol. The maximum Gasteiger partial charge on any atom is 0.138 e. The molecule has 0 fully saturated rings. The fraction of sp³-hybridized carbons (Fsp3) is 0.333. The van der Waals surface area contributed by atoms with Crippen LogP contribution in [0.15, 0.2) is 24.4 Å². The lowest BCUT2D eigenvalue weighted by Crippen LogP contribution is -2.05. The first-order valence-electron chi connectivity index (χ1n) is 3.63. The van der Waals surface area contributed by atoms with Crippen LogP contribution in [-0.2, 0) is 4.79 Å². The van der Waals surface area contributed by atoms with Gasteiger partial charge in [0.15, 0.2) is 0 Å². The molecule has 1 aromatic heterocycles. The van der Waals surface area contributed by atoms with E-state index in [-0.39, 0.29) is 11.7 Å². The highest BCUT2D eigenvalue weighted by Gasteiger charge is 2.09. The van der Waals surface area contributed by atoms with Crippen LogP contribution in [0.2, 0.25) is 0 Å². The van der Waals surface area contributed by atoms with E-state index in [1.54, 1.807) is 13.1 Å². The van der Waals surface area contributed by atoms with E-state index in [9.17, 15) is 4.79 Å². The zero-order chi connectivity index (χ0) is 8.27. The Labute approximate surface area is 66.3 Å².